The monoisotopic (exact) mass is 494 g/mol. The number of benzene rings is 3. The van der Waals surface area contributed by atoms with Crippen LogP contribution >= 0.6 is 0 Å². The summed E-state index contributed by atoms with van der Waals surface area (Å²) in [6, 6.07) is 20.2. The number of aryl methyl sites for hydroxylation is 1. The van der Waals surface area contributed by atoms with Gasteiger partial charge in [0.2, 0.25) is 0 Å². The number of fused-ring (bicyclic) bond motifs is 1. The van der Waals surface area contributed by atoms with E-state index in [1.807, 2.05) is 42.2 Å². The summed E-state index contributed by atoms with van der Waals surface area (Å²) >= 11 is 0. The molecule has 0 amide bonds. The van der Waals surface area contributed by atoms with Crippen LogP contribution in [-0.4, -0.2) is 25.6 Å². The summed E-state index contributed by atoms with van der Waals surface area (Å²) in [6.07, 6.45) is -10.1. The Morgan fingerprint density at radius 3 is 2.20 bits per heavy atom. The summed E-state index contributed by atoms with van der Waals surface area (Å²) in [6.45, 7) is 2.36. The van der Waals surface area contributed by atoms with E-state index in [0.717, 1.165) is 16.8 Å². The number of nitrogens with zero attached hydrogens (tertiary/aromatic N) is 2. The summed E-state index contributed by atoms with van der Waals surface area (Å²) in [5, 5.41) is 0. The summed E-state index contributed by atoms with van der Waals surface area (Å²) in [7, 11) is 0. The van der Waals surface area contributed by atoms with Gasteiger partial charge >= 0.3 is 12.5 Å². The first-order chi connectivity index (χ1) is 16.5. The van der Waals surface area contributed by atoms with Crippen molar-refractivity contribution in [3.63, 3.8) is 0 Å². The van der Waals surface area contributed by atoms with Gasteiger partial charge in [-0.15, -0.1) is 13.2 Å². The fraction of sp³-hybridized carbons (Fsp3) is 0.308. The van der Waals surface area contributed by atoms with Gasteiger partial charge in [0.15, 0.2) is 0 Å². The highest BCUT2D eigenvalue weighted by molar-refractivity contribution is 5.74. The van der Waals surface area contributed by atoms with Gasteiger partial charge in [0.1, 0.15) is 5.75 Å². The SMILES string of the molecule is Cc1ccc([C@@H]2CN(Cc3cccc(OC(F)(F)F)c3)c3ccccc3N2CCC(F)(F)F)cc1. The third-order valence-corrected chi connectivity index (χ3v) is 5.91. The van der Waals surface area contributed by atoms with E-state index in [0.29, 0.717) is 17.8 Å². The van der Waals surface area contributed by atoms with E-state index in [4.69, 9.17) is 0 Å². The fourth-order valence-electron chi connectivity index (χ4n) is 4.36. The fourth-order valence-corrected chi connectivity index (χ4v) is 4.36. The molecule has 0 aliphatic carbocycles. The van der Waals surface area contributed by atoms with E-state index in [2.05, 4.69) is 4.74 Å². The molecule has 186 valence electrons. The second-order valence-corrected chi connectivity index (χ2v) is 8.55. The predicted molar refractivity (Wildman–Crippen MR) is 123 cm³/mol. The van der Waals surface area contributed by atoms with Crippen molar-refractivity contribution in [2.24, 2.45) is 0 Å². The topological polar surface area (TPSA) is 15.7 Å². The molecule has 4 rings (SSSR count). The molecule has 3 aromatic carbocycles. The second-order valence-electron chi connectivity index (χ2n) is 8.55. The lowest BCUT2D eigenvalue weighted by atomic mass is 9.97. The maximum Gasteiger partial charge on any atom is 0.573 e. The van der Waals surface area contributed by atoms with Gasteiger partial charge in [0.25, 0.3) is 0 Å². The van der Waals surface area contributed by atoms with E-state index in [9.17, 15) is 26.3 Å². The molecule has 3 nitrogen and oxygen atoms in total. The van der Waals surface area contributed by atoms with Gasteiger partial charge in [-0.2, -0.15) is 13.2 Å². The lowest BCUT2D eigenvalue weighted by Crippen LogP contribution is -2.44. The Labute approximate surface area is 199 Å². The Kier molecular flexibility index (Phi) is 6.87. The van der Waals surface area contributed by atoms with Crippen LogP contribution in [0.25, 0.3) is 0 Å². The minimum Gasteiger partial charge on any atom is -0.406 e. The van der Waals surface area contributed by atoms with Gasteiger partial charge in [-0.05, 0) is 42.3 Å². The molecule has 1 aliphatic heterocycles. The summed E-state index contributed by atoms with van der Waals surface area (Å²) in [5.41, 5.74) is 3.86. The first kappa shape index (κ1) is 24.8. The van der Waals surface area contributed by atoms with Crippen molar-refractivity contribution in [1.29, 1.82) is 0 Å². The summed E-state index contributed by atoms with van der Waals surface area (Å²) < 4.78 is 81.6. The molecule has 0 radical (unpaired) electrons. The van der Waals surface area contributed by atoms with Crippen LogP contribution in [0.5, 0.6) is 5.75 Å². The minimum absolute atomic E-state index is 0.207. The number of halogens is 6. The molecule has 0 bridgehead atoms. The predicted octanol–water partition coefficient (Wildman–Crippen LogP) is 7.41. The van der Waals surface area contributed by atoms with Crippen molar-refractivity contribution >= 4 is 11.4 Å². The van der Waals surface area contributed by atoms with Crippen LogP contribution in [-0.2, 0) is 6.54 Å². The van der Waals surface area contributed by atoms with Gasteiger partial charge in [-0.25, -0.2) is 0 Å². The van der Waals surface area contributed by atoms with E-state index < -0.39 is 19.0 Å². The molecule has 0 fully saturated rings. The number of alkyl halides is 6. The molecular formula is C26H24F6N2O. The van der Waals surface area contributed by atoms with Crippen molar-refractivity contribution in [2.75, 3.05) is 22.9 Å². The Morgan fingerprint density at radius 2 is 1.54 bits per heavy atom. The summed E-state index contributed by atoms with van der Waals surface area (Å²) in [4.78, 5) is 3.75. The van der Waals surface area contributed by atoms with Gasteiger partial charge < -0.3 is 14.5 Å². The Morgan fingerprint density at radius 1 is 0.857 bits per heavy atom. The highest BCUT2D eigenvalue weighted by atomic mass is 19.4. The van der Waals surface area contributed by atoms with Gasteiger partial charge in [-0.1, -0.05) is 54.1 Å². The van der Waals surface area contributed by atoms with Crippen LogP contribution in [0.4, 0.5) is 37.7 Å². The molecular weight excluding hydrogens is 470 g/mol. The number of hydrogen-bond donors (Lipinski definition) is 0. The van der Waals surface area contributed by atoms with Crippen molar-refractivity contribution < 1.29 is 31.1 Å². The molecule has 9 heteroatoms. The van der Waals surface area contributed by atoms with Gasteiger partial charge in [0, 0.05) is 19.6 Å². The zero-order chi connectivity index (χ0) is 25.2. The third kappa shape index (κ3) is 6.41. The Balaban J connectivity index is 1.69. The van der Waals surface area contributed by atoms with Gasteiger partial charge in [0.05, 0.1) is 23.8 Å². The maximum absolute atomic E-state index is 13.2. The smallest absolute Gasteiger partial charge is 0.406 e. The van der Waals surface area contributed by atoms with Crippen LogP contribution in [0.2, 0.25) is 0 Å². The molecule has 0 N–H and O–H groups in total. The molecule has 0 unspecified atom stereocenters. The number of para-hydroxylation sites is 2. The molecule has 1 atom stereocenters. The van der Waals surface area contributed by atoms with Crippen molar-refractivity contribution in [2.45, 2.75) is 38.5 Å². The molecule has 0 saturated heterocycles. The third-order valence-electron chi connectivity index (χ3n) is 5.91. The largest absolute Gasteiger partial charge is 0.573 e. The highest BCUT2D eigenvalue weighted by Crippen LogP contribution is 2.42. The zero-order valence-corrected chi connectivity index (χ0v) is 18.9. The normalized spacial score (nSPS) is 16.3. The number of rotatable bonds is 6. The Bertz CT molecular complexity index is 1140. The molecule has 3 aromatic rings. The summed E-state index contributed by atoms with van der Waals surface area (Å²) in [5.74, 6) is -0.317. The lowest BCUT2D eigenvalue weighted by Gasteiger charge is -2.45. The van der Waals surface area contributed by atoms with E-state index in [1.54, 1.807) is 29.2 Å². The van der Waals surface area contributed by atoms with Crippen LogP contribution in [0.1, 0.15) is 29.2 Å². The van der Waals surface area contributed by atoms with Crippen LogP contribution < -0.4 is 14.5 Å². The quantitative estimate of drug-likeness (QED) is 0.332. The van der Waals surface area contributed by atoms with Crippen molar-refractivity contribution in [3.05, 3.63) is 89.5 Å². The second kappa shape index (κ2) is 9.71. The average Bonchev–Trinajstić information content (AvgIpc) is 2.77. The van der Waals surface area contributed by atoms with Crippen LogP contribution in [0.15, 0.2) is 72.8 Å². The van der Waals surface area contributed by atoms with Crippen molar-refractivity contribution in [1.82, 2.24) is 0 Å². The molecule has 0 saturated carbocycles. The maximum atomic E-state index is 13.2. The molecule has 0 aromatic heterocycles. The number of ether oxygens (including phenoxy) is 1. The standard InChI is InChI=1S/C26H24F6N2O/c1-18-9-11-20(12-10-18)24-17-33(16-19-5-4-6-21(15-19)35-26(30,31)32)22-7-2-3-8-23(22)34(24)14-13-25(27,28)29/h2-12,15,24H,13-14,16-17H2,1H3/t24-/m0/s1. The molecule has 1 aliphatic rings. The molecule has 35 heavy (non-hydrogen) atoms. The number of hydrogen-bond acceptors (Lipinski definition) is 3. The lowest BCUT2D eigenvalue weighted by molar-refractivity contribution is -0.274. The zero-order valence-electron chi connectivity index (χ0n) is 18.9. The molecule has 1 heterocycles. The molecule has 0 spiro atoms. The number of anilines is 2. The van der Waals surface area contributed by atoms with Gasteiger partial charge in [-0.3, -0.25) is 0 Å². The van der Waals surface area contributed by atoms with Crippen LogP contribution in [0.3, 0.4) is 0 Å². The average molecular weight is 494 g/mol. The van der Waals surface area contributed by atoms with E-state index in [-0.39, 0.29) is 24.9 Å². The Hall–Kier alpha value is -3.36. The minimum atomic E-state index is -4.80. The first-order valence-electron chi connectivity index (χ1n) is 11.1. The first-order valence-corrected chi connectivity index (χ1v) is 11.1. The van der Waals surface area contributed by atoms with E-state index >= 15 is 0 Å². The van der Waals surface area contributed by atoms with Crippen LogP contribution in [0, 0.1) is 6.92 Å². The van der Waals surface area contributed by atoms with E-state index in [1.165, 1.54) is 18.2 Å². The van der Waals surface area contributed by atoms with Crippen molar-refractivity contribution in [3.8, 4) is 5.75 Å². The highest BCUT2D eigenvalue weighted by Gasteiger charge is 2.35.